The fourth-order valence-electron chi connectivity index (χ4n) is 1.61. The number of hydrogen-bond donors (Lipinski definition) is 1. The second kappa shape index (κ2) is 4.16. The Balaban J connectivity index is 1.90. The maximum atomic E-state index is 10.7. The predicted molar refractivity (Wildman–Crippen MR) is 52.9 cm³/mol. The van der Waals surface area contributed by atoms with Gasteiger partial charge in [0.25, 0.3) is 0 Å². The lowest BCUT2D eigenvalue weighted by molar-refractivity contribution is 0.145. The first-order valence-electron chi connectivity index (χ1n) is 4.80. The van der Waals surface area contributed by atoms with Crippen molar-refractivity contribution in [3.05, 3.63) is 24.5 Å². The van der Waals surface area contributed by atoms with Gasteiger partial charge >= 0.3 is 6.09 Å². The van der Waals surface area contributed by atoms with Gasteiger partial charge in [-0.2, -0.15) is 0 Å². The number of likely N-dealkylation sites (tertiary alicyclic amines) is 1. The maximum absolute atomic E-state index is 10.7. The van der Waals surface area contributed by atoms with Crippen LogP contribution in [0.15, 0.2) is 24.5 Å². The largest absolute Gasteiger partial charge is 0.487 e. The van der Waals surface area contributed by atoms with E-state index < -0.39 is 6.09 Å². The molecule has 1 aromatic rings. The Hall–Kier alpha value is -1.78. The van der Waals surface area contributed by atoms with Gasteiger partial charge in [-0.3, -0.25) is 4.98 Å². The summed E-state index contributed by atoms with van der Waals surface area (Å²) in [5.41, 5.74) is 0. The number of amides is 1. The summed E-state index contributed by atoms with van der Waals surface area (Å²) in [5, 5.41) is 8.76. The minimum Gasteiger partial charge on any atom is -0.487 e. The second-order valence-electron chi connectivity index (χ2n) is 3.45. The molecule has 1 saturated heterocycles. The van der Waals surface area contributed by atoms with E-state index in [9.17, 15) is 4.79 Å². The number of hydrogen-bond acceptors (Lipinski definition) is 3. The number of aromatic nitrogens is 1. The third-order valence-electron chi connectivity index (χ3n) is 2.35. The molecule has 80 valence electrons. The molecular formula is C10H12N2O3. The number of carbonyl (C=O) groups is 1. The van der Waals surface area contributed by atoms with Crippen LogP contribution in [0.1, 0.15) is 6.42 Å². The number of rotatable bonds is 2. The quantitative estimate of drug-likeness (QED) is 0.793. The van der Waals surface area contributed by atoms with Gasteiger partial charge in [-0.1, -0.05) is 0 Å². The fourth-order valence-corrected chi connectivity index (χ4v) is 1.61. The van der Waals surface area contributed by atoms with Crippen molar-refractivity contribution in [1.82, 2.24) is 9.88 Å². The van der Waals surface area contributed by atoms with E-state index in [1.54, 1.807) is 18.5 Å². The van der Waals surface area contributed by atoms with Gasteiger partial charge in [0.15, 0.2) is 0 Å². The van der Waals surface area contributed by atoms with Crippen molar-refractivity contribution in [3.63, 3.8) is 0 Å². The summed E-state index contributed by atoms with van der Waals surface area (Å²) in [4.78, 5) is 15.9. The highest BCUT2D eigenvalue weighted by atomic mass is 16.5. The minimum absolute atomic E-state index is 0.0506. The van der Waals surface area contributed by atoms with Gasteiger partial charge in [0, 0.05) is 19.2 Å². The van der Waals surface area contributed by atoms with Crippen molar-refractivity contribution >= 4 is 6.09 Å². The average Bonchev–Trinajstić information content (AvgIpc) is 2.68. The van der Waals surface area contributed by atoms with Crippen molar-refractivity contribution < 1.29 is 14.6 Å². The van der Waals surface area contributed by atoms with Crippen LogP contribution in [0.3, 0.4) is 0 Å². The molecule has 5 heteroatoms. The second-order valence-corrected chi connectivity index (χ2v) is 3.45. The Bertz CT molecular complexity index is 342. The monoisotopic (exact) mass is 208 g/mol. The SMILES string of the molecule is O=C(O)N1CC[C@H](Oc2cccnc2)C1. The fraction of sp³-hybridized carbons (Fsp3) is 0.400. The van der Waals surface area contributed by atoms with Crippen LogP contribution in [0.5, 0.6) is 5.75 Å². The summed E-state index contributed by atoms with van der Waals surface area (Å²) in [6, 6.07) is 3.61. The van der Waals surface area contributed by atoms with Gasteiger partial charge in [0.2, 0.25) is 0 Å². The molecule has 1 aliphatic heterocycles. The van der Waals surface area contributed by atoms with Crippen LogP contribution < -0.4 is 4.74 Å². The van der Waals surface area contributed by atoms with E-state index >= 15 is 0 Å². The van der Waals surface area contributed by atoms with Crippen LogP contribution in [-0.4, -0.2) is 40.3 Å². The normalized spacial score (nSPS) is 20.3. The lowest BCUT2D eigenvalue weighted by Gasteiger charge is -2.13. The number of pyridine rings is 1. The molecule has 0 aromatic carbocycles. The van der Waals surface area contributed by atoms with Gasteiger partial charge < -0.3 is 14.7 Å². The first-order chi connectivity index (χ1) is 7.25. The zero-order valence-electron chi connectivity index (χ0n) is 8.17. The molecule has 5 nitrogen and oxygen atoms in total. The van der Waals surface area contributed by atoms with E-state index in [2.05, 4.69) is 4.98 Å². The minimum atomic E-state index is -0.882. The Morgan fingerprint density at radius 3 is 3.13 bits per heavy atom. The van der Waals surface area contributed by atoms with E-state index in [0.717, 1.165) is 6.42 Å². The van der Waals surface area contributed by atoms with Crippen LogP contribution in [0.2, 0.25) is 0 Å². The van der Waals surface area contributed by atoms with E-state index in [1.807, 2.05) is 6.07 Å². The molecule has 0 saturated carbocycles. The van der Waals surface area contributed by atoms with Gasteiger partial charge in [-0.15, -0.1) is 0 Å². The van der Waals surface area contributed by atoms with Gasteiger partial charge in [-0.25, -0.2) is 4.79 Å². The van der Waals surface area contributed by atoms with Crippen molar-refractivity contribution in [1.29, 1.82) is 0 Å². The molecule has 1 N–H and O–H groups in total. The molecule has 0 radical (unpaired) electrons. The highest BCUT2D eigenvalue weighted by Crippen LogP contribution is 2.16. The van der Waals surface area contributed by atoms with Crippen LogP contribution in [-0.2, 0) is 0 Å². The summed E-state index contributed by atoms with van der Waals surface area (Å²) in [7, 11) is 0. The standard InChI is InChI=1S/C10H12N2O3/c13-10(14)12-5-3-9(7-12)15-8-2-1-4-11-6-8/h1-2,4,6,9H,3,5,7H2,(H,13,14)/t9-/m0/s1. The van der Waals surface area contributed by atoms with Crippen molar-refractivity contribution in [3.8, 4) is 5.75 Å². The molecule has 1 fully saturated rings. The van der Waals surface area contributed by atoms with E-state index in [4.69, 9.17) is 9.84 Å². The number of ether oxygens (including phenoxy) is 1. The van der Waals surface area contributed by atoms with E-state index in [1.165, 1.54) is 4.90 Å². The van der Waals surface area contributed by atoms with Gasteiger partial charge in [0.1, 0.15) is 11.9 Å². The molecule has 1 atom stereocenters. The van der Waals surface area contributed by atoms with Crippen LogP contribution >= 0.6 is 0 Å². The summed E-state index contributed by atoms with van der Waals surface area (Å²) in [6.45, 7) is 0.977. The molecule has 0 spiro atoms. The molecule has 2 rings (SSSR count). The maximum Gasteiger partial charge on any atom is 0.407 e. The molecule has 0 aliphatic carbocycles. The molecule has 0 unspecified atom stereocenters. The topological polar surface area (TPSA) is 62.7 Å². The molecular weight excluding hydrogens is 196 g/mol. The number of nitrogens with zero attached hydrogens (tertiary/aromatic N) is 2. The zero-order valence-corrected chi connectivity index (χ0v) is 8.17. The lowest BCUT2D eigenvalue weighted by Crippen LogP contribution is -2.29. The van der Waals surface area contributed by atoms with E-state index in [-0.39, 0.29) is 6.10 Å². The van der Waals surface area contributed by atoms with E-state index in [0.29, 0.717) is 18.8 Å². The summed E-state index contributed by atoms with van der Waals surface area (Å²) in [5.74, 6) is 0.690. The third-order valence-corrected chi connectivity index (χ3v) is 2.35. The van der Waals surface area contributed by atoms with Crippen LogP contribution in [0.25, 0.3) is 0 Å². The molecule has 15 heavy (non-hydrogen) atoms. The van der Waals surface area contributed by atoms with Crippen molar-refractivity contribution in [2.45, 2.75) is 12.5 Å². The molecule has 0 bridgehead atoms. The van der Waals surface area contributed by atoms with Crippen LogP contribution in [0.4, 0.5) is 4.79 Å². The summed E-state index contributed by atoms with van der Waals surface area (Å²) in [6.07, 6.45) is 3.10. The molecule has 2 heterocycles. The van der Waals surface area contributed by atoms with Crippen molar-refractivity contribution in [2.75, 3.05) is 13.1 Å². The first kappa shape index (κ1) is 9.76. The Kier molecular flexibility index (Phi) is 2.71. The Labute approximate surface area is 87.3 Å². The third kappa shape index (κ3) is 2.37. The molecule has 1 aliphatic rings. The predicted octanol–water partition coefficient (Wildman–Crippen LogP) is 1.21. The van der Waals surface area contributed by atoms with Crippen molar-refractivity contribution in [2.24, 2.45) is 0 Å². The average molecular weight is 208 g/mol. The zero-order chi connectivity index (χ0) is 10.7. The first-order valence-corrected chi connectivity index (χ1v) is 4.80. The van der Waals surface area contributed by atoms with Gasteiger partial charge in [-0.05, 0) is 12.1 Å². The Morgan fingerprint density at radius 2 is 2.53 bits per heavy atom. The van der Waals surface area contributed by atoms with Gasteiger partial charge in [0.05, 0.1) is 12.7 Å². The lowest BCUT2D eigenvalue weighted by atomic mass is 10.3. The Morgan fingerprint density at radius 1 is 1.67 bits per heavy atom. The number of carboxylic acid groups (broad SMARTS) is 1. The highest BCUT2D eigenvalue weighted by molar-refractivity contribution is 5.65. The summed E-state index contributed by atoms with van der Waals surface area (Å²) >= 11 is 0. The highest BCUT2D eigenvalue weighted by Gasteiger charge is 2.27. The summed E-state index contributed by atoms with van der Waals surface area (Å²) < 4.78 is 5.59. The van der Waals surface area contributed by atoms with Crippen LogP contribution in [0, 0.1) is 0 Å². The smallest absolute Gasteiger partial charge is 0.407 e. The molecule has 1 aromatic heterocycles. The molecule has 1 amide bonds.